The molecule has 0 radical (unpaired) electrons. The lowest BCUT2D eigenvalue weighted by Crippen LogP contribution is -2.63. The van der Waals surface area contributed by atoms with E-state index in [1.807, 2.05) is 6.92 Å². The van der Waals surface area contributed by atoms with E-state index in [1.54, 1.807) is 10.6 Å². The Morgan fingerprint density at radius 3 is 2.07 bits per heavy atom. The van der Waals surface area contributed by atoms with Crippen molar-refractivity contribution in [2.75, 3.05) is 0 Å². The lowest BCUT2D eigenvalue weighted by atomic mass is 9.77. The number of carbonyl (C=O) groups excluding carboxylic acids is 4. The number of ether oxygens (including phenoxy) is 2. The van der Waals surface area contributed by atoms with Crippen LogP contribution in [0.5, 0.6) is 0 Å². The molecule has 1 saturated heterocycles. The quantitative estimate of drug-likeness (QED) is 0.0609. The molecule has 0 saturated carbocycles. The number of amides is 1. The number of aliphatic hydroxyl groups excluding tert-OH is 1. The molecule has 2 aliphatic heterocycles. The van der Waals surface area contributed by atoms with E-state index in [1.165, 1.54) is 85.1 Å². The standard InChI is InChI=1S/C36H28N6O11S/c1-18-27(31(40-30(18)28(19(2)43)33(40)45)36(47)53-16-21-5-9-25(10-6-21)42(50)51)26-14-39-17-38-29(34(39)54-26)32(44)22-11-23(13-37-12-22)35(46)52-15-20-3-7-24(8-4-20)41(48)49/h3-14,17-19,28,30,43H,15-16H2,1-2H3/t18-,19+,28+,30+/m0/s1. The molecule has 2 aromatic carbocycles. The van der Waals surface area contributed by atoms with Gasteiger partial charge in [-0.15, -0.1) is 11.3 Å². The number of aromatic nitrogens is 3. The molecule has 0 bridgehead atoms. The zero-order valence-electron chi connectivity index (χ0n) is 28.4. The number of rotatable bonds is 12. The van der Waals surface area contributed by atoms with Crippen LogP contribution < -0.4 is 0 Å². The lowest BCUT2D eigenvalue weighted by Gasteiger charge is -2.46. The predicted molar refractivity (Wildman–Crippen MR) is 188 cm³/mol. The minimum Gasteiger partial charge on any atom is -0.457 e. The summed E-state index contributed by atoms with van der Waals surface area (Å²) in [7, 11) is 0. The van der Waals surface area contributed by atoms with E-state index in [0.29, 0.717) is 26.4 Å². The summed E-state index contributed by atoms with van der Waals surface area (Å²) in [6.45, 7) is 2.96. The number of imidazole rings is 1. The van der Waals surface area contributed by atoms with Gasteiger partial charge in [0.25, 0.3) is 11.4 Å². The molecule has 1 amide bonds. The molecule has 54 heavy (non-hydrogen) atoms. The molecule has 7 rings (SSSR count). The molecule has 18 heteroatoms. The minimum absolute atomic E-state index is 0.00536. The van der Waals surface area contributed by atoms with Crippen molar-refractivity contribution in [3.05, 3.63) is 138 Å². The predicted octanol–water partition coefficient (Wildman–Crippen LogP) is 4.51. The average molecular weight is 753 g/mol. The molecule has 0 aliphatic carbocycles. The van der Waals surface area contributed by atoms with E-state index in [2.05, 4.69) is 9.97 Å². The van der Waals surface area contributed by atoms with Gasteiger partial charge in [0, 0.05) is 59.9 Å². The summed E-state index contributed by atoms with van der Waals surface area (Å²) in [6, 6.07) is 11.8. The molecule has 1 N–H and O–H groups in total. The van der Waals surface area contributed by atoms with Gasteiger partial charge in [-0.1, -0.05) is 6.92 Å². The molecule has 5 aromatic rings. The molecular formula is C36H28N6O11S. The first-order valence-corrected chi connectivity index (χ1v) is 17.2. The highest BCUT2D eigenvalue weighted by atomic mass is 32.1. The number of aliphatic hydroxyl groups is 1. The van der Waals surface area contributed by atoms with Crippen LogP contribution in [-0.4, -0.2) is 70.0 Å². The summed E-state index contributed by atoms with van der Waals surface area (Å²) in [4.78, 5) is 85.1. The number of nitrogens with zero attached hydrogens (tertiary/aromatic N) is 6. The Morgan fingerprint density at radius 1 is 0.926 bits per heavy atom. The zero-order chi connectivity index (χ0) is 38.4. The van der Waals surface area contributed by atoms with Crippen LogP contribution in [0.1, 0.15) is 56.3 Å². The lowest BCUT2D eigenvalue weighted by molar-refractivity contribution is -0.385. The van der Waals surface area contributed by atoms with Gasteiger partial charge in [-0.3, -0.25) is 39.2 Å². The van der Waals surface area contributed by atoms with E-state index in [4.69, 9.17) is 9.47 Å². The van der Waals surface area contributed by atoms with Crippen molar-refractivity contribution in [3.8, 4) is 0 Å². The van der Waals surface area contributed by atoms with E-state index in [0.717, 1.165) is 11.3 Å². The number of carbonyl (C=O) groups is 4. The van der Waals surface area contributed by atoms with Crippen LogP contribution in [0.2, 0.25) is 0 Å². The smallest absolute Gasteiger partial charge is 0.355 e. The second-order valence-electron chi connectivity index (χ2n) is 12.7. The number of pyridine rings is 1. The second kappa shape index (κ2) is 14.1. The molecular weight excluding hydrogens is 724 g/mol. The van der Waals surface area contributed by atoms with Gasteiger partial charge in [-0.2, -0.15) is 0 Å². The minimum atomic E-state index is -0.977. The van der Waals surface area contributed by atoms with Crippen molar-refractivity contribution in [2.24, 2.45) is 11.8 Å². The van der Waals surface area contributed by atoms with Crippen molar-refractivity contribution >= 4 is 56.7 Å². The van der Waals surface area contributed by atoms with Crippen LogP contribution in [0.3, 0.4) is 0 Å². The summed E-state index contributed by atoms with van der Waals surface area (Å²) in [5.74, 6) is -3.72. The van der Waals surface area contributed by atoms with Crippen molar-refractivity contribution in [1.29, 1.82) is 0 Å². The highest BCUT2D eigenvalue weighted by molar-refractivity contribution is 7.18. The maximum absolute atomic E-state index is 13.8. The third-order valence-electron chi connectivity index (χ3n) is 9.33. The van der Waals surface area contributed by atoms with Crippen molar-refractivity contribution < 1.29 is 43.6 Å². The number of hydrogen-bond acceptors (Lipinski definition) is 14. The van der Waals surface area contributed by atoms with E-state index in [-0.39, 0.29) is 47.1 Å². The molecule has 1 fully saturated rings. The Bertz CT molecular complexity index is 2400. The van der Waals surface area contributed by atoms with Crippen LogP contribution in [0.25, 0.3) is 10.4 Å². The highest BCUT2D eigenvalue weighted by Gasteiger charge is 2.60. The topological polar surface area (TPSA) is 227 Å². The van der Waals surface area contributed by atoms with Gasteiger partial charge >= 0.3 is 11.9 Å². The molecule has 4 atom stereocenters. The Labute approximate surface area is 308 Å². The van der Waals surface area contributed by atoms with Crippen LogP contribution in [-0.2, 0) is 32.3 Å². The highest BCUT2D eigenvalue weighted by Crippen LogP contribution is 2.52. The Kier molecular flexibility index (Phi) is 9.30. The van der Waals surface area contributed by atoms with Crippen LogP contribution in [0, 0.1) is 32.1 Å². The van der Waals surface area contributed by atoms with Crippen molar-refractivity contribution in [1.82, 2.24) is 19.3 Å². The third kappa shape index (κ3) is 6.37. The molecule has 3 aromatic heterocycles. The fourth-order valence-corrected chi connectivity index (χ4v) is 7.87. The summed E-state index contributed by atoms with van der Waals surface area (Å²) in [5.41, 5.74) is 1.36. The Hall–Kier alpha value is -6.66. The number of nitro benzene ring substituents is 2. The third-order valence-corrected chi connectivity index (χ3v) is 10.5. The number of fused-ring (bicyclic) bond motifs is 2. The summed E-state index contributed by atoms with van der Waals surface area (Å²) >= 11 is 1.15. The van der Waals surface area contributed by atoms with E-state index in [9.17, 15) is 44.5 Å². The fourth-order valence-electron chi connectivity index (χ4n) is 6.65. The average Bonchev–Trinajstić information content (AvgIpc) is 3.82. The van der Waals surface area contributed by atoms with Crippen molar-refractivity contribution in [2.45, 2.75) is 39.2 Å². The fraction of sp³-hybridized carbons (Fsp3) is 0.222. The maximum atomic E-state index is 13.8. The van der Waals surface area contributed by atoms with Gasteiger partial charge in [-0.25, -0.2) is 14.6 Å². The summed E-state index contributed by atoms with van der Waals surface area (Å²) in [6.07, 6.45) is 4.64. The van der Waals surface area contributed by atoms with Crippen LogP contribution in [0.4, 0.5) is 11.4 Å². The number of nitro groups is 2. The maximum Gasteiger partial charge on any atom is 0.355 e. The van der Waals surface area contributed by atoms with E-state index < -0.39 is 57.5 Å². The monoisotopic (exact) mass is 752 g/mol. The van der Waals surface area contributed by atoms with Crippen molar-refractivity contribution in [3.63, 3.8) is 0 Å². The number of β-lactam (4-membered cyclic amide) rings is 1. The Balaban J connectivity index is 1.14. The van der Waals surface area contributed by atoms with Gasteiger partial charge in [-0.05, 0) is 48.4 Å². The SMILES string of the molecule is C[C@@H](O)[C@H]1C(=O)N2C(C(=O)OCc3ccc([N+](=O)[O-])cc3)=C(c3cn4cnc(C(=O)c5cncc(C(=O)OCc6ccc([N+](=O)[O-])cc6)c5)c4s3)[C@H](C)[C@H]12. The number of esters is 2. The molecule has 2 aliphatic rings. The molecule has 274 valence electrons. The number of non-ortho nitro benzene ring substituents is 2. The zero-order valence-corrected chi connectivity index (χ0v) is 29.2. The van der Waals surface area contributed by atoms with Crippen LogP contribution in [0.15, 0.2) is 85.2 Å². The first kappa shape index (κ1) is 35.7. The second-order valence-corrected chi connectivity index (χ2v) is 13.7. The Morgan fingerprint density at radius 2 is 1.50 bits per heavy atom. The molecule has 0 unspecified atom stereocenters. The normalized spacial score (nSPS) is 18.2. The molecule has 0 spiro atoms. The molecule has 5 heterocycles. The van der Waals surface area contributed by atoms with Crippen LogP contribution >= 0.6 is 11.3 Å². The number of benzene rings is 2. The first-order valence-electron chi connectivity index (χ1n) is 16.4. The van der Waals surface area contributed by atoms with Gasteiger partial charge in [0.15, 0.2) is 0 Å². The summed E-state index contributed by atoms with van der Waals surface area (Å²) in [5, 5.41) is 32.4. The van der Waals surface area contributed by atoms with Gasteiger partial charge < -0.3 is 19.5 Å². The number of thiazole rings is 1. The summed E-state index contributed by atoms with van der Waals surface area (Å²) < 4.78 is 12.5. The number of hydrogen-bond donors (Lipinski definition) is 1. The van der Waals surface area contributed by atoms with Gasteiger partial charge in [0.05, 0.1) is 38.4 Å². The molecule has 17 nitrogen and oxygen atoms in total. The van der Waals surface area contributed by atoms with E-state index >= 15 is 0 Å². The largest absolute Gasteiger partial charge is 0.457 e. The number of ketones is 1. The first-order chi connectivity index (χ1) is 25.8. The van der Waals surface area contributed by atoms with Gasteiger partial charge in [0.1, 0.15) is 35.8 Å². The van der Waals surface area contributed by atoms with Gasteiger partial charge in [0.2, 0.25) is 11.7 Å².